The van der Waals surface area contributed by atoms with Crippen LogP contribution in [0.3, 0.4) is 0 Å². The lowest BCUT2D eigenvalue weighted by Gasteiger charge is -2.19. The minimum atomic E-state index is -3.59. The van der Waals surface area contributed by atoms with Crippen LogP contribution in [0.15, 0.2) is 41.2 Å². The largest absolute Gasteiger partial charge is 0.494 e. The molecule has 41 heavy (non-hydrogen) atoms. The summed E-state index contributed by atoms with van der Waals surface area (Å²) < 4.78 is 5.59. The summed E-state index contributed by atoms with van der Waals surface area (Å²) in [7, 11) is 1.39. The lowest BCUT2D eigenvalue weighted by atomic mass is 10.1. The zero-order valence-corrected chi connectivity index (χ0v) is 23.5. The van der Waals surface area contributed by atoms with Gasteiger partial charge < -0.3 is 36.4 Å². The maximum Gasteiger partial charge on any atom is 0.369 e. The molecule has 0 bridgehead atoms. The molecule has 15 heteroatoms. The molecular formula is C26H33N7O7S. The van der Waals surface area contributed by atoms with Gasteiger partial charge in [0.05, 0.1) is 30.3 Å². The second-order valence-electron chi connectivity index (χ2n) is 9.65. The average molecular weight is 588 g/mol. The van der Waals surface area contributed by atoms with Gasteiger partial charge in [-0.3, -0.25) is 25.1 Å². The molecule has 9 N–H and O–H groups in total. The molecule has 1 fully saturated rings. The number of carbonyl (C=O) groups is 3. The number of aliphatic imine (C=N–C) groups is 1. The van der Waals surface area contributed by atoms with E-state index in [9.17, 15) is 14.4 Å². The van der Waals surface area contributed by atoms with Crippen molar-refractivity contribution in [3.8, 4) is 16.3 Å². The van der Waals surface area contributed by atoms with Crippen LogP contribution < -0.4 is 26.4 Å². The number of anilines is 1. The van der Waals surface area contributed by atoms with Crippen molar-refractivity contribution < 1.29 is 34.4 Å². The molecule has 1 aliphatic rings. The van der Waals surface area contributed by atoms with E-state index in [0.717, 1.165) is 23.8 Å². The minimum absolute atomic E-state index is 0.225. The first-order chi connectivity index (χ1) is 19.3. The highest BCUT2D eigenvalue weighted by Gasteiger charge is 2.30. The number of para-hydroxylation sites is 1. The number of nitrogens with zero attached hydrogens (tertiary/aromatic N) is 2. The second-order valence-corrected chi connectivity index (χ2v) is 10.7. The van der Waals surface area contributed by atoms with Gasteiger partial charge in [-0.25, -0.2) is 4.98 Å². The lowest BCUT2D eigenvalue weighted by Crippen LogP contribution is -2.51. The third-order valence-corrected chi connectivity index (χ3v) is 6.72. The number of ether oxygens (including phenoxy) is 1. The Morgan fingerprint density at radius 2 is 2.00 bits per heavy atom. The van der Waals surface area contributed by atoms with Crippen molar-refractivity contribution in [2.75, 3.05) is 19.0 Å². The monoisotopic (exact) mass is 587 g/mol. The minimum Gasteiger partial charge on any atom is -0.494 e. The van der Waals surface area contributed by atoms with Gasteiger partial charge in [-0.05, 0) is 37.3 Å². The Morgan fingerprint density at radius 3 is 2.61 bits per heavy atom. The van der Waals surface area contributed by atoms with Gasteiger partial charge >= 0.3 is 6.10 Å². The second kappa shape index (κ2) is 13.5. The molecule has 3 rings (SSSR count). The molecule has 0 saturated heterocycles. The first kappa shape index (κ1) is 31.3. The van der Waals surface area contributed by atoms with Gasteiger partial charge in [0, 0.05) is 18.5 Å². The van der Waals surface area contributed by atoms with Crippen molar-refractivity contribution in [3.63, 3.8) is 0 Å². The number of amides is 3. The molecule has 14 nitrogen and oxygen atoms in total. The molecule has 1 aliphatic carbocycles. The van der Waals surface area contributed by atoms with E-state index in [1.165, 1.54) is 18.6 Å². The van der Waals surface area contributed by atoms with E-state index in [-0.39, 0.29) is 34.8 Å². The summed E-state index contributed by atoms with van der Waals surface area (Å²) >= 11 is 1.14. The number of nitrogens with two attached hydrogens (primary N) is 1. The number of thiazole rings is 1. The predicted octanol–water partition coefficient (Wildman–Crippen LogP) is 0.908. The van der Waals surface area contributed by atoms with E-state index in [0.29, 0.717) is 40.8 Å². The van der Waals surface area contributed by atoms with Crippen molar-refractivity contribution in [1.29, 1.82) is 5.41 Å². The van der Waals surface area contributed by atoms with Crippen LogP contribution in [0.5, 0.6) is 5.75 Å². The van der Waals surface area contributed by atoms with Crippen LogP contribution in [0.25, 0.3) is 10.6 Å². The topological polar surface area (TPSA) is 232 Å². The molecule has 0 unspecified atom stereocenters. The number of carbonyl (C=O) groups excluding carboxylic acids is 3. The number of hydrogen-bond acceptors (Lipinski definition) is 11. The van der Waals surface area contributed by atoms with Crippen molar-refractivity contribution in [2.45, 2.75) is 39.2 Å². The average Bonchev–Trinajstić information content (AvgIpc) is 3.63. The summed E-state index contributed by atoms with van der Waals surface area (Å²) in [5.41, 5.74) is 5.42. The smallest absolute Gasteiger partial charge is 0.369 e. The van der Waals surface area contributed by atoms with Gasteiger partial charge in [0.15, 0.2) is 5.75 Å². The first-order valence-electron chi connectivity index (χ1n) is 12.7. The molecular weight excluding hydrogens is 554 g/mol. The molecule has 220 valence electrons. The van der Waals surface area contributed by atoms with Gasteiger partial charge in [-0.1, -0.05) is 19.9 Å². The van der Waals surface area contributed by atoms with Crippen LogP contribution in [-0.2, 0) is 9.59 Å². The number of rotatable bonds is 13. The zero-order valence-electron chi connectivity index (χ0n) is 22.7. The van der Waals surface area contributed by atoms with Gasteiger partial charge in [0.25, 0.3) is 17.7 Å². The van der Waals surface area contributed by atoms with Crippen molar-refractivity contribution in [2.24, 2.45) is 22.6 Å². The van der Waals surface area contributed by atoms with Gasteiger partial charge in [-0.2, -0.15) is 4.99 Å². The highest BCUT2D eigenvalue weighted by atomic mass is 32.1. The molecule has 1 aromatic carbocycles. The van der Waals surface area contributed by atoms with Crippen LogP contribution in [0.2, 0.25) is 0 Å². The summed E-state index contributed by atoms with van der Waals surface area (Å²) in [6.45, 7) is 4.66. The quantitative estimate of drug-likeness (QED) is 0.0937. The Kier molecular flexibility index (Phi) is 10.3. The Hall–Kier alpha value is -4.18. The highest BCUT2D eigenvalue weighted by molar-refractivity contribution is 7.17. The van der Waals surface area contributed by atoms with Gasteiger partial charge in [0.2, 0.25) is 0 Å². The number of aromatic nitrogens is 1. The van der Waals surface area contributed by atoms with Crippen LogP contribution in [0, 0.1) is 17.2 Å². The maximum absolute atomic E-state index is 12.5. The molecule has 1 aromatic heterocycles. The molecule has 3 amide bonds. The number of methoxy groups -OCH3 is 1. The summed E-state index contributed by atoms with van der Waals surface area (Å²) in [5, 5.41) is 43.2. The third kappa shape index (κ3) is 9.18. The van der Waals surface area contributed by atoms with Gasteiger partial charge in [0.1, 0.15) is 21.4 Å². The molecule has 1 heterocycles. The summed E-state index contributed by atoms with van der Waals surface area (Å²) in [6, 6.07) is 4.90. The maximum atomic E-state index is 12.5. The van der Waals surface area contributed by atoms with Crippen LogP contribution in [0.1, 0.15) is 42.8 Å². The van der Waals surface area contributed by atoms with Crippen molar-refractivity contribution in [3.05, 3.63) is 41.0 Å². The Balaban J connectivity index is 1.93. The first-order valence-corrected chi connectivity index (χ1v) is 13.5. The summed E-state index contributed by atoms with van der Waals surface area (Å²) in [6.07, 6.45) is 1.13. The number of amidine groups is 1. The fourth-order valence-corrected chi connectivity index (χ4v) is 4.33. The van der Waals surface area contributed by atoms with E-state index < -0.39 is 23.6 Å². The molecule has 0 spiro atoms. The number of benzene rings is 1. The highest BCUT2D eigenvalue weighted by Crippen LogP contribution is 2.39. The third-order valence-electron chi connectivity index (χ3n) is 5.69. The number of aliphatic hydroxyl groups is 3. The predicted molar refractivity (Wildman–Crippen MR) is 152 cm³/mol. The summed E-state index contributed by atoms with van der Waals surface area (Å²) in [5.74, 6) is -1.95. The molecule has 0 radical (unpaired) electrons. The number of nitrogens with one attached hydrogen (secondary N) is 4. The standard InChI is InChI=1S/C26H33N7O7S/c1-13(2)9-10-29-23(35)18-12-30-25(41-18)15-5-4-6-16(21(15)40-3)31-17(20(28)24(36)33-26(37,38)39)11-19(27)32-22(34)14-7-8-14/h4-6,11-14,28,31,37-39H,7-10H2,1-3H3,(H,29,35)(H,33,36)(H2,27,32,34)/b17-11+,28-20?. The molecule has 2 aromatic rings. The van der Waals surface area contributed by atoms with E-state index in [1.54, 1.807) is 18.2 Å². The Labute approximate surface area is 239 Å². The van der Waals surface area contributed by atoms with E-state index in [4.69, 9.17) is 31.2 Å². The van der Waals surface area contributed by atoms with Crippen molar-refractivity contribution in [1.82, 2.24) is 15.6 Å². The number of hydrogen-bond donors (Lipinski definition) is 8. The van der Waals surface area contributed by atoms with Crippen LogP contribution in [-0.4, -0.2) is 69.3 Å². The van der Waals surface area contributed by atoms with Crippen LogP contribution >= 0.6 is 11.3 Å². The van der Waals surface area contributed by atoms with Gasteiger partial charge in [-0.15, -0.1) is 11.3 Å². The molecule has 1 saturated carbocycles. The lowest BCUT2D eigenvalue weighted by molar-refractivity contribution is -0.325. The van der Waals surface area contributed by atoms with E-state index >= 15 is 0 Å². The fourth-order valence-electron chi connectivity index (χ4n) is 3.47. The SMILES string of the molecule is COc1c(N/C(=C/C(N)=NC(=O)C2CC2)C(=N)C(=O)NC(O)(O)O)cccc1-c1ncc(C(=O)NCCC(C)C)s1. The fraction of sp³-hybridized carbons (Fsp3) is 0.385. The molecule has 0 aliphatic heterocycles. The van der Waals surface area contributed by atoms with Crippen molar-refractivity contribution >= 4 is 46.3 Å². The van der Waals surface area contributed by atoms with Crippen LogP contribution in [0.4, 0.5) is 5.69 Å². The van der Waals surface area contributed by atoms with E-state index in [1.807, 2.05) is 0 Å². The normalized spacial score (nSPS) is 14.0. The Bertz CT molecular complexity index is 1370. The molecule has 0 atom stereocenters. The zero-order chi connectivity index (χ0) is 30.3. The summed E-state index contributed by atoms with van der Waals surface area (Å²) in [4.78, 5) is 45.6. The Morgan fingerprint density at radius 1 is 1.29 bits per heavy atom. The van der Waals surface area contributed by atoms with E-state index in [2.05, 4.69) is 34.5 Å².